The monoisotopic (exact) mass is 344 g/mol. The number of allylic oxidation sites excluding steroid dienone is 1. The highest BCUT2D eigenvalue weighted by atomic mass is 35.5. The Hall–Kier alpha value is -2.79. The summed E-state index contributed by atoms with van der Waals surface area (Å²) in [6, 6.07) is 12.2. The van der Waals surface area contributed by atoms with Gasteiger partial charge in [-0.05, 0) is 30.2 Å². The van der Waals surface area contributed by atoms with E-state index < -0.39 is 5.91 Å². The lowest BCUT2D eigenvalue weighted by Crippen LogP contribution is -2.24. The van der Waals surface area contributed by atoms with Crippen molar-refractivity contribution in [3.05, 3.63) is 71.3 Å². The van der Waals surface area contributed by atoms with Crippen LogP contribution in [0.1, 0.15) is 11.1 Å². The van der Waals surface area contributed by atoms with E-state index in [1.165, 1.54) is 6.21 Å². The lowest BCUT2D eigenvalue weighted by atomic mass is 10.1. The van der Waals surface area contributed by atoms with Crippen molar-refractivity contribution in [2.45, 2.75) is 6.42 Å². The van der Waals surface area contributed by atoms with Crippen molar-refractivity contribution in [1.82, 2.24) is 5.43 Å². The molecule has 5 nitrogen and oxygen atoms in total. The number of benzene rings is 2. The molecule has 0 aromatic heterocycles. The molecule has 0 atom stereocenters. The fraction of sp³-hybridized carbons (Fsp3) is 0.111. The van der Waals surface area contributed by atoms with Crippen LogP contribution in [0.2, 0.25) is 5.02 Å². The van der Waals surface area contributed by atoms with Crippen LogP contribution in [-0.4, -0.2) is 23.8 Å². The summed E-state index contributed by atoms with van der Waals surface area (Å²) in [4.78, 5) is 11.7. The lowest BCUT2D eigenvalue weighted by Gasteiger charge is -2.06. The third kappa shape index (κ3) is 4.86. The minimum Gasteiger partial charge on any atom is -0.507 e. The van der Waals surface area contributed by atoms with E-state index in [2.05, 4.69) is 17.1 Å². The number of nitrogens with zero attached hydrogens (tertiary/aromatic N) is 1. The number of halogens is 1. The van der Waals surface area contributed by atoms with Crippen molar-refractivity contribution in [3.63, 3.8) is 0 Å². The lowest BCUT2D eigenvalue weighted by molar-refractivity contribution is -0.123. The number of ether oxygens (including phenoxy) is 1. The summed E-state index contributed by atoms with van der Waals surface area (Å²) in [5, 5.41) is 14.3. The third-order valence-electron chi connectivity index (χ3n) is 3.10. The minimum absolute atomic E-state index is 0.114. The van der Waals surface area contributed by atoms with E-state index in [9.17, 15) is 9.90 Å². The Labute approximate surface area is 145 Å². The molecule has 24 heavy (non-hydrogen) atoms. The van der Waals surface area contributed by atoms with Crippen molar-refractivity contribution in [2.75, 3.05) is 6.61 Å². The molecular weight excluding hydrogens is 328 g/mol. The molecule has 2 rings (SSSR count). The van der Waals surface area contributed by atoms with Crippen molar-refractivity contribution in [3.8, 4) is 11.5 Å². The SMILES string of the molecule is C=CCc1cccc(/C=N/NC(=O)COc2ccccc2Cl)c1O. The Balaban J connectivity index is 1.90. The van der Waals surface area contributed by atoms with Crippen LogP contribution >= 0.6 is 11.6 Å². The van der Waals surface area contributed by atoms with Gasteiger partial charge in [-0.2, -0.15) is 5.10 Å². The molecule has 2 aromatic carbocycles. The normalized spacial score (nSPS) is 10.5. The summed E-state index contributed by atoms with van der Waals surface area (Å²) in [6.45, 7) is 3.42. The number of carbonyl (C=O) groups excluding carboxylic acids is 1. The standard InChI is InChI=1S/C18H17ClN2O3/c1-2-6-13-7-5-8-14(18(13)23)11-20-21-17(22)12-24-16-10-4-3-9-15(16)19/h2-5,7-11,23H,1,6,12H2,(H,21,22)/b20-11+. The van der Waals surface area contributed by atoms with Gasteiger partial charge in [-0.3, -0.25) is 4.79 Å². The van der Waals surface area contributed by atoms with Gasteiger partial charge in [-0.15, -0.1) is 6.58 Å². The fourth-order valence-electron chi connectivity index (χ4n) is 1.95. The van der Waals surface area contributed by atoms with Gasteiger partial charge in [0.25, 0.3) is 5.91 Å². The van der Waals surface area contributed by atoms with Gasteiger partial charge in [0.15, 0.2) is 6.61 Å². The Kier molecular flexibility index (Phi) is 6.40. The molecule has 0 saturated carbocycles. The zero-order chi connectivity index (χ0) is 17.4. The smallest absolute Gasteiger partial charge is 0.277 e. The first-order valence-corrected chi connectivity index (χ1v) is 7.60. The molecule has 0 aliphatic carbocycles. The maximum atomic E-state index is 11.7. The molecule has 0 radical (unpaired) electrons. The maximum Gasteiger partial charge on any atom is 0.277 e. The summed E-state index contributed by atoms with van der Waals surface area (Å²) >= 11 is 5.93. The molecule has 124 valence electrons. The van der Waals surface area contributed by atoms with E-state index in [0.717, 1.165) is 5.56 Å². The number of aromatic hydroxyl groups is 1. The highest BCUT2D eigenvalue weighted by Crippen LogP contribution is 2.23. The number of nitrogens with one attached hydrogen (secondary N) is 1. The zero-order valence-electron chi connectivity index (χ0n) is 12.9. The predicted molar refractivity (Wildman–Crippen MR) is 94.7 cm³/mol. The first-order chi connectivity index (χ1) is 11.6. The van der Waals surface area contributed by atoms with E-state index in [1.807, 2.05) is 0 Å². The van der Waals surface area contributed by atoms with E-state index in [-0.39, 0.29) is 12.4 Å². The van der Waals surface area contributed by atoms with Crippen molar-refractivity contribution >= 4 is 23.7 Å². The Morgan fingerprint density at radius 2 is 2.08 bits per heavy atom. The highest BCUT2D eigenvalue weighted by molar-refractivity contribution is 6.32. The first-order valence-electron chi connectivity index (χ1n) is 7.22. The van der Waals surface area contributed by atoms with Gasteiger partial charge in [0, 0.05) is 5.56 Å². The average Bonchev–Trinajstić information content (AvgIpc) is 2.57. The number of amides is 1. The van der Waals surface area contributed by atoms with Crippen LogP contribution in [0.4, 0.5) is 0 Å². The third-order valence-corrected chi connectivity index (χ3v) is 3.42. The van der Waals surface area contributed by atoms with Gasteiger partial charge in [0.05, 0.1) is 11.2 Å². The number of phenolic OH excluding ortho intramolecular Hbond substituents is 1. The van der Waals surface area contributed by atoms with Gasteiger partial charge < -0.3 is 9.84 Å². The number of hydrogen-bond donors (Lipinski definition) is 2. The number of rotatable bonds is 7. The van der Waals surface area contributed by atoms with Crippen LogP contribution in [0.3, 0.4) is 0 Å². The minimum atomic E-state index is -0.437. The Morgan fingerprint density at radius 1 is 1.29 bits per heavy atom. The maximum absolute atomic E-state index is 11.7. The van der Waals surface area contributed by atoms with Crippen LogP contribution in [-0.2, 0) is 11.2 Å². The van der Waals surface area contributed by atoms with Crippen molar-refractivity contribution in [2.24, 2.45) is 5.10 Å². The first kappa shape index (κ1) is 17.6. The second-order valence-electron chi connectivity index (χ2n) is 4.86. The van der Waals surface area contributed by atoms with Crippen molar-refractivity contribution < 1.29 is 14.6 Å². The average molecular weight is 345 g/mol. The van der Waals surface area contributed by atoms with Crippen LogP contribution < -0.4 is 10.2 Å². The number of carbonyl (C=O) groups is 1. The van der Waals surface area contributed by atoms with E-state index in [1.54, 1.807) is 48.5 Å². The molecule has 0 aliphatic heterocycles. The molecule has 0 bridgehead atoms. The summed E-state index contributed by atoms with van der Waals surface area (Å²) in [6.07, 6.45) is 3.62. The zero-order valence-corrected chi connectivity index (χ0v) is 13.7. The summed E-state index contributed by atoms with van der Waals surface area (Å²) in [5.41, 5.74) is 3.57. The second-order valence-corrected chi connectivity index (χ2v) is 5.27. The fourth-order valence-corrected chi connectivity index (χ4v) is 2.14. The topological polar surface area (TPSA) is 70.9 Å². The summed E-state index contributed by atoms with van der Waals surface area (Å²) < 4.78 is 5.30. The molecule has 0 spiro atoms. The van der Waals surface area contributed by atoms with Crippen LogP contribution in [0.5, 0.6) is 11.5 Å². The number of hydrogen-bond acceptors (Lipinski definition) is 4. The number of hydrazone groups is 1. The molecule has 6 heteroatoms. The molecular formula is C18H17ClN2O3. The number of para-hydroxylation sites is 2. The molecule has 2 aromatic rings. The molecule has 2 N–H and O–H groups in total. The number of phenols is 1. The van der Waals surface area contributed by atoms with E-state index in [4.69, 9.17) is 16.3 Å². The Bertz CT molecular complexity index is 760. The van der Waals surface area contributed by atoms with Gasteiger partial charge in [-0.25, -0.2) is 5.43 Å². The Morgan fingerprint density at radius 3 is 2.83 bits per heavy atom. The molecule has 0 unspecified atom stereocenters. The van der Waals surface area contributed by atoms with Crippen molar-refractivity contribution in [1.29, 1.82) is 0 Å². The predicted octanol–water partition coefficient (Wildman–Crippen LogP) is 3.30. The van der Waals surface area contributed by atoms with Crippen LogP contribution in [0.25, 0.3) is 0 Å². The van der Waals surface area contributed by atoms with Gasteiger partial charge in [0.1, 0.15) is 11.5 Å². The molecule has 0 heterocycles. The summed E-state index contributed by atoms with van der Waals surface area (Å²) in [5.74, 6) is 0.101. The molecule has 0 saturated heterocycles. The highest BCUT2D eigenvalue weighted by Gasteiger charge is 2.06. The largest absolute Gasteiger partial charge is 0.507 e. The van der Waals surface area contributed by atoms with Gasteiger partial charge in [-0.1, -0.05) is 41.9 Å². The van der Waals surface area contributed by atoms with Crippen LogP contribution in [0.15, 0.2) is 60.2 Å². The quantitative estimate of drug-likeness (QED) is 0.460. The van der Waals surface area contributed by atoms with Gasteiger partial charge >= 0.3 is 0 Å². The van der Waals surface area contributed by atoms with E-state index >= 15 is 0 Å². The molecule has 1 amide bonds. The van der Waals surface area contributed by atoms with Gasteiger partial charge in [0.2, 0.25) is 0 Å². The molecule has 0 aliphatic rings. The second kappa shape index (κ2) is 8.74. The van der Waals surface area contributed by atoms with Crippen LogP contribution in [0, 0.1) is 0 Å². The molecule has 0 fully saturated rings. The summed E-state index contributed by atoms with van der Waals surface area (Å²) in [7, 11) is 0. The van der Waals surface area contributed by atoms with E-state index in [0.29, 0.717) is 22.8 Å².